The maximum Gasteiger partial charge on any atom is 0.164 e. The number of nitrogens with zero attached hydrogens (tertiary/aromatic N) is 4. The fourth-order valence-corrected chi connectivity index (χ4v) is 9.24. The van der Waals surface area contributed by atoms with E-state index in [1.807, 2.05) is 193 Å². The third-order valence-electron chi connectivity index (χ3n) is 16.0. The van der Waals surface area contributed by atoms with Crippen molar-refractivity contribution in [2.24, 2.45) is 21.7 Å². The van der Waals surface area contributed by atoms with Crippen molar-refractivity contribution >= 4 is 54.7 Å². The van der Waals surface area contributed by atoms with Gasteiger partial charge in [-0.25, -0.2) is 0 Å². The molecule has 0 aliphatic heterocycles. The Hall–Kier alpha value is -7.58. The number of benzene rings is 8. The third-order valence-corrected chi connectivity index (χ3v) is 16.0. The van der Waals surface area contributed by atoms with Gasteiger partial charge in [0.2, 0.25) is 0 Å². The van der Waals surface area contributed by atoms with Crippen molar-refractivity contribution in [3.8, 4) is 45.0 Å². The van der Waals surface area contributed by atoms with Gasteiger partial charge in [0.1, 0.15) is 11.5 Å². The second kappa shape index (κ2) is 39.3. The monoisotopic (exact) mass is 2070 g/mol. The molecule has 12 aromatic rings. The molecule has 540 valence electrons. The molecule has 8 aromatic carbocycles. The summed E-state index contributed by atoms with van der Waals surface area (Å²) in [6.45, 7) is 35.5. The molecule has 0 bridgehead atoms. The zero-order valence-electron chi connectivity index (χ0n) is 61.9. The molecular formula is C90H96Ir4N4O4-4. The minimum atomic E-state index is -0.417. The summed E-state index contributed by atoms with van der Waals surface area (Å²) in [4.78, 5) is 40.9. The molecule has 0 unspecified atom stereocenters. The van der Waals surface area contributed by atoms with Crippen LogP contribution in [0.1, 0.15) is 136 Å². The molecule has 0 amide bonds. The summed E-state index contributed by atoms with van der Waals surface area (Å²) in [6, 6.07) is 83.1. The fraction of sp³-hybridized carbons (Fsp3) is 0.267. The van der Waals surface area contributed by atoms with Crippen LogP contribution in [-0.2, 0) is 101 Å². The molecule has 0 spiro atoms. The minimum absolute atomic E-state index is 0. The average molecular weight is 2070 g/mol. The van der Waals surface area contributed by atoms with Crippen LogP contribution in [0.4, 0.5) is 0 Å². The molecule has 102 heavy (non-hydrogen) atoms. The van der Waals surface area contributed by atoms with E-state index in [0.29, 0.717) is 0 Å². The van der Waals surface area contributed by atoms with Crippen molar-refractivity contribution in [1.29, 1.82) is 0 Å². The number of fused-ring (bicyclic) bond motifs is 4. The van der Waals surface area contributed by atoms with Crippen LogP contribution in [0.3, 0.4) is 0 Å². The summed E-state index contributed by atoms with van der Waals surface area (Å²) in [5, 5.41) is 28.6. The molecule has 12 rings (SSSR count). The summed E-state index contributed by atoms with van der Waals surface area (Å²) in [5.74, 6) is 0.208. The number of aromatic nitrogens is 4. The van der Waals surface area contributed by atoms with Crippen LogP contribution in [0.15, 0.2) is 255 Å². The SMILES string of the molecule is CC(C)(C)C(=O)C=C(O)C(C)(C)C.CC(C)(C)C(=O)C=C(O)C(C)(C)C.CC(C)(C)c1c[c-]c(-c2cc3ccccc3cn2)cc1.CC(C)(C)c1c[c-]c(-c2cc3ccccc3cn2)cc1.[Ir].[Ir].[Ir].[Ir].[c-]1ccccc1-c1cc2ccccc2cn1.[c-]1ccccc1-c1cc2ccccc2cn1. The summed E-state index contributed by atoms with van der Waals surface area (Å²) in [5.41, 5.74) is 9.43. The van der Waals surface area contributed by atoms with Crippen LogP contribution in [0, 0.1) is 45.9 Å². The normalized spacial score (nSPS) is 11.6. The van der Waals surface area contributed by atoms with E-state index in [0.717, 1.165) is 45.0 Å². The Balaban J connectivity index is 0.000000318. The van der Waals surface area contributed by atoms with Crippen LogP contribution < -0.4 is 0 Å². The van der Waals surface area contributed by atoms with Crippen LogP contribution in [0.5, 0.6) is 0 Å². The molecule has 0 atom stereocenters. The van der Waals surface area contributed by atoms with E-state index >= 15 is 0 Å². The van der Waals surface area contributed by atoms with Gasteiger partial charge in [-0.05, 0) is 76.7 Å². The number of aliphatic hydroxyl groups is 2. The first-order valence-corrected chi connectivity index (χ1v) is 33.3. The predicted molar refractivity (Wildman–Crippen MR) is 411 cm³/mol. The number of hydrogen-bond acceptors (Lipinski definition) is 8. The molecule has 4 heterocycles. The molecule has 4 radical (unpaired) electrons. The first-order valence-electron chi connectivity index (χ1n) is 33.3. The van der Waals surface area contributed by atoms with E-state index in [1.54, 1.807) is 0 Å². The number of aliphatic hydroxyl groups excluding tert-OH is 2. The van der Waals surface area contributed by atoms with E-state index in [9.17, 15) is 19.8 Å². The number of hydrogen-bond donors (Lipinski definition) is 2. The molecule has 12 heteroatoms. The van der Waals surface area contributed by atoms with Gasteiger partial charge in [-0.2, -0.15) is 0 Å². The minimum Gasteiger partial charge on any atom is -0.512 e. The number of carbonyl (C=O) groups is 2. The van der Waals surface area contributed by atoms with Crippen LogP contribution >= 0.6 is 0 Å². The van der Waals surface area contributed by atoms with E-state index < -0.39 is 10.8 Å². The Bertz CT molecular complexity index is 4370. The summed E-state index contributed by atoms with van der Waals surface area (Å²) in [6.07, 6.45) is 10.3. The van der Waals surface area contributed by atoms with Gasteiger partial charge in [0.05, 0.1) is 0 Å². The van der Waals surface area contributed by atoms with Gasteiger partial charge in [-0.3, -0.25) is 9.59 Å². The maximum absolute atomic E-state index is 11.5. The maximum atomic E-state index is 11.5. The van der Waals surface area contributed by atoms with E-state index in [2.05, 4.69) is 207 Å². The molecule has 0 saturated heterocycles. The Labute approximate surface area is 661 Å². The second-order valence-corrected chi connectivity index (χ2v) is 30.5. The molecule has 2 N–H and O–H groups in total. The van der Waals surface area contributed by atoms with E-state index in [4.69, 9.17) is 0 Å². The number of allylic oxidation sites excluding steroid dienone is 4. The van der Waals surface area contributed by atoms with Gasteiger partial charge in [-0.15, -0.1) is 143 Å². The third kappa shape index (κ3) is 27.2. The predicted octanol–water partition coefficient (Wildman–Crippen LogP) is 23.6. The molecule has 0 saturated carbocycles. The summed E-state index contributed by atoms with van der Waals surface area (Å²) >= 11 is 0. The van der Waals surface area contributed by atoms with Crippen LogP contribution in [0.25, 0.3) is 88.1 Å². The van der Waals surface area contributed by atoms with Crippen molar-refractivity contribution in [3.05, 3.63) is 290 Å². The molecule has 0 fully saturated rings. The molecule has 0 aliphatic carbocycles. The first-order chi connectivity index (χ1) is 46.0. The molecule has 4 aromatic heterocycles. The number of carbonyl (C=O) groups excluding carboxylic acids is 2. The van der Waals surface area contributed by atoms with Gasteiger partial charge >= 0.3 is 0 Å². The van der Waals surface area contributed by atoms with Crippen LogP contribution in [0.2, 0.25) is 0 Å². The van der Waals surface area contributed by atoms with Gasteiger partial charge in [-0.1, -0.05) is 246 Å². The van der Waals surface area contributed by atoms with Crippen molar-refractivity contribution in [1.82, 2.24) is 19.9 Å². The quantitative estimate of drug-likeness (QED) is 0.0958. The topological polar surface area (TPSA) is 126 Å². The molecule has 0 aliphatic rings. The van der Waals surface area contributed by atoms with Crippen molar-refractivity contribution in [3.63, 3.8) is 0 Å². The van der Waals surface area contributed by atoms with Gasteiger partial charge in [0.15, 0.2) is 11.6 Å². The number of rotatable bonds is 6. The molecular weight excluding hydrogens is 1970 g/mol. The zero-order chi connectivity index (χ0) is 71.6. The largest absolute Gasteiger partial charge is 0.512 e. The first kappa shape index (κ1) is 88.6. The van der Waals surface area contributed by atoms with E-state index in [-0.39, 0.29) is 125 Å². The van der Waals surface area contributed by atoms with Crippen molar-refractivity contribution < 1.29 is 100 Å². The standard InChI is InChI=1S/2C19H18N.2C15H10N.2C11H20O2.4Ir/c2*1-19(2,3)17-10-8-14(9-11-17)18-12-15-6-4-5-7-16(15)13-20-18;2*1-2-6-12(7-3-1)15-10-13-8-4-5-9-14(13)11-16-15;2*1-10(2,3)8(12)7-9(13)11(4,5)6;;;;/h2*4-8,10-13H,1-3H3;2*1-6,8-11H;2*7,12H,1-6H3;;;;/q4*-1;;;;;;. The average Bonchev–Trinajstić information content (AvgIpc) is 0.829. The fourth-order valence-electron chi connectivity index (χ4n) is 9.24. The molecule has 8 nitrogen and oxygen atoms in total. The number of ketones is 2. The zero-order valence-corrected chi connectivity index (χ0v) is 71.5. The Kier molecular flexibility index (Phi) is 34.2. The van der Waals surface area contributed by atoms with Gasteiger partial charge < -0.3 is 30.1 Å². The summed E-state index contributed by atoms with van der Waals surface area (Å²) < 4.78 is 0. The van der Waals surface area contributed by atoms with Crippen molar-refractivity contribution in [2.75, 3.05) is 0 Å². The Morgan fingerprint density at radius 3 is 0.735 bits per heavy atom. The Morgan fingerprint density at radius 2 is 0.539 bits per heavy atom. The Morgan fingerprint density at radius 1 is 0.304 bits per heavy atom. The number of pyridine rings is 4. The second-order valence-electron chi connectivity index (χ2n) is 30.5. The summed E-state index contributed by atoms with van der Waals surface area (Å²) in [7, 11) is 0. The smallest absolute Gasteiger partial charge is 0.164 e. The van der Waals surface area contributed by atoms with Gasteiger partial charge in [0.25, 0.3) is 0 Å². The van der Waals surface area contributed by atoms with Crippen molar-refractivity contribution in [2.45, 2.75) is 135 Å². The van der Waals surface area contributed by atoms with E-state index in [1.165, 1.54) is 66.4 Å². The van der Waals surface area contributed by atoms with Gasteiger partial charge in [0, 0.05) is 139 Å². The van der Waals surface area contributed by atoms with Crippen LogP contribution in [-0.4, -0.2) is 41.7 Å².